The minimum absolute atomic E-state index is 0.226. The Morgan fingerprint density at radius 1 is 1.04 bits per heavy atom. The normalized spacial score (nSPS) is 10.4. The molecule has 0 aliphatic rings. The van der Waals surface area contributed by atoms with Gasteiger partial charge in [-0.25, -0.2) is 0 Å². The Bertz CT molecular complexity index is 694. The molecule has 0 aliphatic carbocycles. The molecule has 1 aromatic carbocycles. The molecule has 1 heterocycles. The van der Waals surface area contributed by atoms with Crippen LogP contribution in [0.15, 0.2) is 42.7 Å². The molecular weight excluding hydrogens is 290 g/mol. The number of anilines is 1. The molecule has 0 fully saturated rings. The molecule has 2 aromatic rings. The third-order valence-electron chi connectivity index (χ3n) is 3.24. The Labute approximate surface area is 136 Å². The Balaban J connectivity index is 2.07. The van der Waals surface area contributed by atoms with Gasteiger partial charge in [0.05, 0.1) is 11.1 Å². The van der Waals surface area contributed by atoms with Crippen LogP contribution in [-0.4, -0.2) is 23.3 Å². The van der Waals surface area contributed by atoms with Crippen LogP contribution in [0.1, 0.15) is 40.1 Å². The molecule has 5 nitrogen and oxygen atoms in total. The van der Waals surface area contributed by atoms with Gasteiger partial charge in [0.15, 0.2) is 0 Å². The van der Waals surface area contributed by atoms with E-state index in [9.17, 15) is 9.59 Å². The molecule has 0 spiro atoms. The topological polar surface area (TPSA) is 71.1 Å². The standard InChI is InChI=1S/C18H21N3O2/c1-12(2)9-20-17(22)14-8-15(11-19-10-14)18(23)21-16-6-4-13(3)5-7-16/h4-8,10-12H,9H2,1-3H3,(H,20,22)(H,21,23). The quantitative estimate of drug-likeness (QED) is 0.891. The molecule has 0 aliphatic heterocycles. The number of carbonyl (C=O) groups is 2. The second kappa shape index (κ2) is 7.54. The summed E-state index contributed by atoms with van der Waals surface area (Å²) in [5.74, 6) is -0.157. The average molecular weight is 311 g/mol. The van der Waals surface area contributed by atoms with Crippen molar-refractivity contribution in [1.82, 2.24) is 10.3 Å². The predicted octanol–water partition coefficient (Wildman–Crippen LogP) is 3.03. The van der Waals surface area contributed by atoms with Crippen molar-refractivity contribution in [3.63, 3.8) is 0 Å². The summed E-state index contributed by atoms with van der Waals surface area (Å²) in [7, 11) is 0. The van der Waals surface area contributed by atoms with Gasteiger partial charge < -0.3 is 10.6 Å². The summed E-state index contributed by atoms with van der Waals surface area (Å²) in [4.78, 5) is 28.3. The zero-order valence-electron chi connectivity index (χ0n) is 13.6. The van der Waals surface area contributed by atoms with Crippen molar-refractivity contribution in [2.45, 2.75) is 20.8 Å². The molecule has 2 rings (SSSR count). The van der Waals surface area contributed by atoms with Gasteiger partial charge in [0, 0.05) is 24.6 Å². The molecular formula is C18H21N3O2. The van der Waals surface area contributed by atoms with E-state index < -0.39 is 0 Å². The number of rotatable bonds is 5. The first-order valence-electron chi connectivity index (χ1n) is 7.57. The van der Waals surface area contributed by atoms with E-state index in [1.54, 1.807) is 6.07 Å². The highest BCUT2D eigenvalue weighted by atomic mass is 16.2. The van der Waals surface area contributed by atoms with Crippen molar-refractivity contribution >= 4 is 17.5 Å². The molecule has 0 atom stereocenters. The van der Waals surface area contributed by atoms with E-state index in [0.29, 0.717) is 29.3 Å². The van der Waals surface area contributed by atoms with Crippen LogP contribution in [0, 0.1) is 12.8 Å². The summed E-state index contributed by atoms with van der Waals surface area (Å²) in [6, 6.07) is 9.05. The summed E-state index contributed by atoms with van der Waals surface area (Å²) in [5, 5.41) is 5.60. The number of nitrogens with zero attached hydrogens (tertiary/aromatic N) is 1. The van der Waals surface area contributed by atoms with Crippen LogP contribution in [-0.2, 0) is 0 Å². The molecule has 5 heteroatoms. The van der Waals surface area contributed by atoms with Crippen molar-refractivity contribution in [3.8, 4) is 0 Å². The van der Waals surface area contributed by atoms with E-state index >= 15 is 0 Å². The van der Waals surface area contributed by atoms with E-state index in [0.717, 1.165) is 5.56 Å². The number of pyridine rings is 1. The summed E-state index contributed by atoms with van der Waals surface area (Å²) in [5.41, 5.74) is 2.55. The van der Waals surface area contributed by atoms with Crippen molar-refractivity contribution in [1.29, 1.82) is 0 Å². The van der Waals surface area contributed by atoms with Crippen LogP contribution in [0.3, 0.4) is 0 Å². The zero-order valence-corrected chi connectivity index (χ0v) is 13.6. The second-order valence-electron chi connectivity index (χ2n) is 5.89. The van der Waals surface area contributed by atoms with Crippen LogP contribution >= 0.6 is 0 Å². The molecule has 0 saturated carbocycles. The molecule has 2 N–H and O–H groups in total. The first-order valence-corrected chi connectivity index (χ1v) is 7.57. The predicted molar refractivity (Wildman–Crippen MR) is 90.5 cm³/mol. The molecule has 0 radical (unpaired) electrons. The van der Waals surface area contributed by atoms with Crippen LogP contribution in [0.25, 0.3) is 0 Å². The molecule has 0 unspecified atom stereocenters. The molecule has 120 valence electrons. The fourth-order valence-corrected chi connectivity index (χ4v) is 1.93. The van der Waals surface area contributed by atoms with Crippen LogP contribution < -0.4 is 10.6 Å². The largest absolute Gasteiger partial charge is 0.352 e. The van der Waals surface area contributed by atoms with E-state index in [2.05, 4.69) is 15.6 Å². The van der Waals surface area contributed by atoms with Gasteiger partial charge in [-0.3, -0.25) is 14.6 Å². The molecule has 23 heavy (non-hydrogen) atoms. The van der Waals surface area contributed by atoms with E-state index in [-0.39, 0.29) is 11.8 Å². The van der Waals surface area contributed by atoms with Crippen molar-refractivity contribution in [3.05, 3.63) is 59.4 Å². The minimum atomic E-state index is -0.292. The number of carbonyl (C=O) groups excluding carboxylic acids is 2. The summed E-state index contributed by atoms with van der Waals surface area (Å²) in [6.07, 6.45) is 2.90. The van der Waals surface area contributed by atoms with Crippen LogP contribution in [0.4, 0.5) is 5.69 Å². The maximum absolute atomic E-state index is 12.3. The maximum atomic E-state index is 12.3. The van der Waals surface area contributed by atoms with Crippen LogP contribution in [0.2, 0.25) is 0 Å². The molecule has 2 amide bonds. The Kier molecular flexibility index (Phi) is 5.46. The molecule has 0 saturated heterocycles. The lowest BCUT2D eigenvalue weighted by Crippen LogP contribution is -2.27. The second-order valence-corrected chi connectivity index (χ2v) is 5.89. The number of benzene rings is 1. The number of amides is 2. The van der Waals surface area contributed by atoms with Gasteiger partial charge >= 0.3 is 0 Å². The lowest BCUT2D eigenvalue weighted by Gasteiger charge is -2.09. The van der Waals surface area contributed by atoms with Crippen molar-refractivity contribution in [2.24, 2.45) is 5.92 Å². The number of nitrogens with one attached hydrogen (secondary N) is 2. The fourth-order valence-electron chi connectivity index (χ4n) is 1.93. The first kappa shape index (κ1) is 16.7. The van der Waals surface area contributed by atoms with Gasteiger partial charge in [-0.1, -0.05) is 31.5 Å². The smallest absolute Gasteiger partial charge is 0.257 e. The highest BCUT2D eigenvalue weighted by Gasteiger charge is 2.11. The van der Waals surface area contributed by atoms with Crippen molar-refractivity contribution < 1.29 is 9.59 Å². The SMILES string of the molecule is Cc1ccc(NC(=O)c2cncc(C(=O)NCC(C)C)c2)cc1. The van der Waals surface area contributed by atoms with Gasteiger partial charge in [0.25, 0.3) is 11.8 Å². The monoisotopic (exact) mass is 311 g/mol. The maximum Gasteiger partial charge on any atom is 0.257 e. The van der Waals surface area contributed by atoms with E-state index in [1.807, 2.05) is 45.0 Å². The number of aryl methyl sites for hydroxylation is 1. The van der Waals surface area contributed by atoms with Crippen LogP contribution in [0.5, 0.6) is 0 Å². The Hall–Kier alpha value is -2.69. The zero-order chi connectivity index (χ0) is 16.8. The first-order chi connectivity index (χ1) is 11.0. The number of hydrogen-bond acceptors (Lipinski definition) is 3. The van der Waals surface area contributed by atoms with Gasteiger partial charge in [-0.15, -0.1) is 0 Å². The van der Waals surface area contributed by atoms with E-state index in [1.165, 1.54) is 12.4 Å². The third-order valence-corrected chi connectivity index (χ3v) is 3.24. The third kappa shape index (κ3) is 4.92. The summed E-state index contributed by atoms with van der Waals surface area (Å²) < 4.78 is 0. The average Bonchev–Trinajstić information content (AvgIpc) is 2.54. The minimum Gasteiger partial charge on any atom is -0.352 e. The van der Waals surface area contributed by atoms with Gasteiger partial charge in [-0.05, 0) is 31.0 Å². The van der Waals surface area contributed by atoms with Gasteiger partial charge in [0.1, 0.15) is 0 Å². The Morgan fingerprint density at radius 2 is 1.65 bits per heavy atom. The molecule has 0 bridgehead atoms. The lowest BCUT2D eigenvalue weighted by atomic mass is 10.1. The fraction of sp³-hybridized carbons (Fsp3) is 0.278. The molecule has 1 aromatic heterocycles. The number of aromatic nitrogens is 1. The highest BCUT2D eigenvalue weighted by molar-refractivity contribution is 6.05. The summed E-state index contributed by atoms with van der Waals surface area (Å²) in [6.45, 7) is 6.60. The van der Waals surface area contributed by atoms with Gasteiger partial charge in [0.2, 0.25) is 0 Å². The Morgan fingerprint density at radius 3 is 2.26 bits per heavy atom. The van der Waals surface area contributed by atoms with Crippen molar-refractivity contribution in [2.75, 3.05) is 11.9 Å². The van der Waals surface area contributed by atoms with Gasteiger partial charge in [-0.2, -0.15) is 0 Å². The lowest BCUT2D eigenvalue weighted by molar-refractivity contribution is 0.0948. The summed E-state index contributed by atoms with van der Waals surface area (Å²) >= 11 is 0. The highest BCUT2D eigenvalue weighted by Crippen LogP contribution is 2.11. The number of hydrogen-bond donors (Lipinski definition) is 2. The van der Waals surface area contributed by atoms with E-state index in [4.69, 9.17) is 0 Å².